The van der Waals surface area contributed by atoms with Crippen molar-refractivity contribution in [3.05, 3.63) is 29.3 Å². The third-order valence-corrected chi connectivity index (χ3v) is 6.11. The zero-order valence-electron chi connectivity index (χ0n) is 15.5. The van der Waals surface area contributed by atoms with E-state index >= 15 is 0 Å². The summed E-state index contributed by atoms with van der Waals surface area (Å²) in [5.74, 6) is 1.42. The van der Waals surface area contributed by atoms with Crippen molar-refractivity contribution in [1.82, 2.24) is 10.2 Å². The number of aliphatic hydroxyl groups is 1. The zero-order valence-corrected chi connectivity index (χ0v) is 15.5. The van der Waals surface area contributed by atoms with Crippen molar-refractivity contribution in [3.63, 3.8) is 0 Å². The zero-order chi connectivity index (χ0) is 17.9. The highest BCUT2D eigenvalue weighted by atomic mass is 16.5. The highest BCUT2D eigenvalue weighted by Crippen LogP contribution is 2.39. The molecule has 1 aromatic carbocycles. The van der Waals surface area contributed by atoms with Crippen molar-refractivity contribution in [2.75, 3.05) is 26.2 Å². The van der Waals surface area contributed by atoms with Crippen LogP contribution in [0.3, 0.4) is 0 Å². The maximum absolute atomic E-state index is 12.6. The average Bonchev–Trinajstić information content (AvgIpc) is 3.11. The molecule has 0 bridgehead atoms. The molecule has 2 aliphatic heterocycles. The summed E-state index contributed by atoms with van der Waals surface area (Å²) in [7, 11) is 0. The van der Waals surface area contributed by atoms with E-state index in [0.717, 1.165) is 56.8 Å². The van der Waals surface area contributed by atoms with Crippen molar-refractivity contribution in [3.8, 4) is 5.75 Å². The normalized spacial score (nSPS) is 26.5. The van der Waals surface area contributed by atoms with E-state index in [1.165, 1.54) is 24.8 Å². The lowest BCUT2D eigenvalue weighted by atomic mass is 9.75. The van der Waals surface area contributed by atoms with Crippen LogP contribution in [-0.4, -0.2) is 48.3 Å². The van der Waals surface area contributed by atoms with E-state index in [0.29, 0.717) is 12.3 Å². The molecule has 0 unspecified atom stereocenters. The predicted octanol–water partition coefficient (Wildman–Crippen LogP) is 2.43. The van der Waals surface area contributed by atoms with Gasteiger partial charge in [-0.25, -0.2) is 0 Å². The van der Waals surface area contributed by atoms with Crippen LogP contribution in [0.25, 0.3) is 0 Å². The Kier molecular flexibility index (Phi) is 5.46. The standard InChI is InChI=1S/C21H30N2O3/c24-18-13-17(14-18)21(16-4-5-19-15(12-16)7-11-26-19)22-20(25)6-10-23-8-2-1-3-9-23/h4-5,12,17-18,21,24H,1-3,6-11,13-14H2,(H,22,25)/t17?,18?,21-/m0/s1. The number of nitrogens with one attached hydrogen (secondary N) is 1. The van der Waals surface area contributed by atoms with Crippen LogP contribution in [0, 0.1) is 5.92 Å². The molecule has 2 fully saturated rings. The van der Waals surface area contributed by atoms with E-state index in [4.69, 9.17) is 4.74 Å². The molecule has 2 N–H and O–H groups in total. The summed E-state index contributed by atoms with van der Waals surface area (Å²) >= 11 is 0. The van der Waals surface area contributed by atoms with Gasteiger partial charge in [-0.3, -0.25) is 4.79 Å². The Hall–Kier alpha value is -1.59. The Morgan fingerprint density at radius 3 is 2.85 bits per heavy atom. The monoisotopic (exact) mass is 358 g/mol. The van der Waals surface area contributed by atoms with Crippen LogP contribution in [0.4, 0.5) is 0 Å². The Morgan fingerprint density at radius 1 is 1.27 bits per heavy atom. The van der Waals surface area contributed by atoms with Gasteiger partial charge in [-0.05, 0) is 68.0 Å². The van der Waals surface area contributed by atoms with Gasteiger partial charge in [0.05, 0.1) is 18.8 Å². The molecule has 5 nitrogen and oxygen atoms in total. The minimum Gasteiger partial charge on any atom is -0.493 e. The number of fused-ring (bicyclic) bond motifs is 1. The number of hydrogen-bond donors (Lipinski definition) is 2. The number of nitrogens with zero attached hydrogens (tertiary/aromatic N) is 1. The lowest BCUT2D eigenvalue weighted by molar-refractivity contribution is -0.123. The number of amides is 1. The molecule has 3 aliphatic rings. The smallest absolute Gasteiger partial charge is 0.221 e. The first-order valence-corrected chi connectivity index (χ1v) is 10.1. The van der Waals surface area contributed by atoms with Gasteiger partial charge in [-0.1, -0.05) is 12.5 Å². The molecule has 0 aromatic heterocycles. The Labute approximate surface area is 155 Å². The SMILES string of the molecule is O=C(CCN1CCCCC1)N[C@@H](c1ccc2c(c1)CCO2)C1CC(O)C1. The lowest BCUT2D eigenvalue weighted by Gasteiger charge is -2.38. The van der Waals surface area contributed by atoms with Gasteiger partial charge in [0.25, 0.3) is 0 Å². The summed E-state index contributed by atoms with van der Waals surface area (Å²) in [6, 6.07) is 6.28. The summed E-state index contributed by atoms with van der Waals surface area (Å²) in [6.07, 6.45) is 6.63. The number of rotatable bonds is 6. The van der Waals surface area contributed by atoms with Crippen LogP contribution in [0.2, 0.25) is 0 Å². The maximum atomic E-state index is 12.6. The van der Waals surface area contributed by atoms with Crippen molar-refractivity contribution >= 4 is 5.91 Å². The van der Waals surface area contributed by atoms with Gasteiger partial charge in [-0.2, -0.15) is 0 Å². The molecule has 2 heterocycles. The molecule has 4 rings (SSSR count). The number of benzene rings is 1. The summed E-state index contributed by atoms with van der Waals surface area (Å²) in [4.78, 5) is 15.0. The van der Waals surface area contributed by atoms with Crippen molar-refractivity contribution in [2.24, 2.45) is 5.92 Å². The van der Waals surface area contributed by atoms with Crippen molar-refractivity contribution < 1.29 is 14.6 Å². The van der Waals surface area contributed by atoms with E-state index in [-0.39, 0.29) is 18.1 Å². The number of hydrogen-bond acceptors (Lipinski definition) is 4. The first-order valence-electron chi connectivity index (χ1n) is 10.1. The molecule has 0 spiro atoms. The molecule has 1 amide bonds. The van der Waals surface area contributed by atoms with E-state index < -0.39 is 0 Å². The quantitative estimate of drug-likeness (QED) is 0.820. The number of aliphatic hydroxyl groups excluding tert-OH is 1. The van der Waals surface area contributed by atoms with Crippen molar-refractivity contribution in [1.29, 1.82) is 0 Å². The molecular formula is C21H30N2O3. The molecule has 1 atom stereocenters. The van der Waals surface area contributed by atoms with Gasteiger partial charge in [0.1, 0.15) is 5.75 Å². The average molecular weight is 358 g/mol. The highest BCUT2D eigenvalue weighted by Gasteiger charge is 2.36. The van der Waals surface area contributed by atoms with Gasteiger partial charge in [0.15, 0.2) is 0 Å². The van der Waals surface area contributed by atoms with Gasteiger partial charge in [-0.15, -0.1) is 0 Å². The molecule has 1 saturated heterocycles. The minimum absolute atomic E-state index is 0.00171. The number of carbonyl (C=O) groups excluding carboxylic acids is 1. The summed E-state index contributed by atoms with van der Waals surface area (Å²) in [5.41, 5.74) is 2.38. The molecule has 5 heteroatoms. The fourth-order valence-electron chi connectivity index (χ4n) is 4.46. The van der Waals surface area contributed by atoms with Gasteiger partial charge in [0, 0.05) is 19.4 Å². The predicted molar refractivity (Wildman–Crippen MR) is 100 cm³/mol. The van der Waals surface area contributed by atoms with Gasteiger partial charge < -0.3 is 20.1 Å². The van der Waals surface area contributed by atoms with Crippen molar-refractivity contribution in [2.45, 2.75) is 57.1 Å². The molecule has 142 valence electrons. The number of carbonyl (C=O) groups is 1. The first kappa shape index (κ1) is 17.8. The minimum atomic E-state index is -0.217. The third kappa shape index (κ3) is 4.04. The summed E-state index contributed by atoms with van der Waals surface area (Å²) < 4.78 is 5.60. The largest absolute Gasteiger partial charge is 0.493 e. The second-order valence-corrected chi connectivity index (χ2v) is 8.05. The van der Waals surface area contributed by atoms with E-state index in [1.54, 1.807) is 0 Å². The van der Waals surface area contributed by atoms with E-state index in [1.807, 2.05) is 6.07 Å². The Bertz CT molecular complexity index is 636. The molecular weight excluding hydrogens is 328 g/mol. The Morgan fingerprint density at radius 2 is 2.08 bits per heavy atom. The molecule has 0 radical (unpaired) electrons. The third-order valence-electron chi connectivity index (χ3n) is 6.11. The highest BCUT2D eigenvalue weighted by molar-refractivity contribution is 5.76. The second kappa shape index (κ2) is 7.97. The van der Waals surface area contributed by atoms with Crippen LogP contribution in [0.1, 0.15) is 55.7 Å². The van der Waals surface area contributed by atoms with Gasteiger partial charge >= 0.3 is 0 Å². The van der Waals surface area contributed by atoms with E-state index in [2.05, 4.69) is 22.3 Å². The summed E-state index contributed by atoms with van der Waals surface area (Å²) in [6.45, 7) is 3.84. The molecule has 1 saturated carbocycles. The topological polar surface area (TPSA) is 61.8 Å². The maximum Gasteiger partial charge on any atom is 0.221 e. The number of likely N-dealkylation sites (tertiary alicyclic amines) is 1. The van der Waals surface area contributed by atoms with E-state index in [9.17, 15) is 9.90 Å². The fraction of sp³-hybridized carbons (Fsp3) is 0.667. The lowest BCUT2D eigenvalue weighted by Crippen LogP contribution is -2.42. The first-order chi connectivity index (χ1) is 12.7. The number of ether oxygens (including phenoxy) is 1. The second-order valence-electron chi connectivity index (χ2n) is 8.05. The van der Waals surface area contributed by atoms with Crippen LogP contribution >= 0.6 is 0 Å². The number of piperidine rings is 1. The fourth-order valence-corrected chi connectivity index (χ4v) is 4.46. The molecule has 1 aromatic rings. The summed E-state index contributed by atoms with van der Waals surface area (Å²) in [5, 5.41) is 13.0. The van der Waals surface area contributed by atoms with Gasteiger partial charge in [0.2, 0.25) is 5.91 Å². The Balaban J connectivity index is 1.39. The van der Waals surface area contributed by atoms with Crippen LogP contribution in [-0.2, 0) is 11.2 Å². The molecule has 1 aliphatic carbocycles. The molecule has 26 heavy (non-hydrogen) atoms. The van der Waals surface area contributed by atoms with Crippen LogP contribution in [0.15, 0.2) is 18.2 Å². The van der Waals surface area contributed by atoms with Crippen LogP contribution in [0.5, 0.6) is 5.75 Å². The van der Waals surface area contributed by atoms with Crippen LogP contribution < -0.4 is 10.1 Å².